The Hall–Kier alpha value is -1.78. The average Bonchev–Trinajstić information content (AvgIpc) is 3.27. The second-order valence-electron chi connectivity index (χ2n) is 8.83. The number of hydrogen-bond acceptors (Lipinski definition) is 4. The summed E-state index contributed by atoms with van der Waals surface area (Å²) < 4.78 is 0. The van der Waals surface area contributed by atoms with Gasteiger partial charge in [-0.3, -0.25) is 9.79 Å². The van der Waals surface area contributed by atoms with Crippen LogP contribution in [0.15, 0.2) is 52.6 Å². The number of hydrogen-bond donors (Lipinski definition) is 2. The third kappa shape index (κ3) is 5.89. The van der Waals surface area contributed by atoms with Crippen LogP contribution in [0.3, 0.4) is 0 Å². The maximum absolute atomic E-state index is 12.9. The van der Waals surface area contributed by atoms with E-state index in [1.165, 1.54) is 36.8 Å². The minimum absolute atomic E-state index is 0.0538. The van der Waals surface area contributed by atoms with Crippen LogP contribution in [0.5, 0.6) is 0 Å². The van der Waals surface area contributed by atoms with E-state index in [0.717, 1.165) is 38.0 Å². The number of rotatable bonds is 8. The number of carbonyl (C=O) groups is 1. The molecule has 0 aromatic heterocycles. The zero-order valence-electron chi connectivity index (χ0n) is 18.8. The summed E-state index contributed by atoms with van der Waals surface area (Å²) in [5.41, 5.74) is 3.67. The largest absolute Gasteiger partial charge is 0.317 e. The Balaban J connectivity index is 1.77. The lowest BCUT2D eigenvalue weighted by Gasteiger charge is -2.35. The van der Waals surface area contributed by atoms with Gasteiger partial charge < -0.3 is 10.6 Å². The van der Waals surface area contributed by atoms with Crippen LogP contribution in [-0.2, 0) is 4.79 Å². The Morgan fingerprint density at radius 1 is 1.33 bits per heavy atom. The Morgan fingerprint density at radius 3 is 2.73 bits per heavy atom. The van der Waals surface area contributed by atoms with E-state index in [1.807, 2.05) is 20.1 Å². The summed E-state index contributed by atoms with van der Waals surface area (Å²) in [5, 5.41) is 7.24. The highest BCUT2D eigenvalue weighted by molar-refractivity contribution is 5.83. The molecule has 4 nitrogen and oxygen atoms in total. The fraction of sp³-hybridized carbons (Fsp3) is 0.615. The molecule has 1 aliphatic heterocycles. The second-order valence-corrected chi connectivity index (χ2v) is 8.83. The van der Waals surface area contributed by atoms with Crippen molar-refractivity contribution >= 4 is 12.0 Å². The zero-order chi connectivity index (χ0) is 21.3. The van der Waals surface area contributed by atoms with Crippen molar-refractivity contribution in [3.63, 3.8) is 0 Å². The Kier molecular flexibility index (Phi) is 8.83. The molecule has 0 radical (unpaired) electrons. The van der Waals surface area contributed by atoms with E-state index in [2.05, 4.69) is 41.5 Å². The molecule has 1 fully saturated rings. The predicted octanol–water partition coefficient (Wildman–Crippen LogP) is 4.55. The molecule has 3 unspecified atom stereocenters. The van der Waals surface area contributed by atoms with Crippen LogP contribution in [0.4, 0.5) is 0 Å². The van der Waals surface area contributed by atoms with Gasteiger partial charge in [-0.2, -0.15) is 0 Å². The van der Waals surface area contributed by atoms with Crippen LogP contribution in [0.25, 0.3) is 0 Å². The first-order chi connectivity index (χ1) is 14.6. The van der Waals surface area contributed by atoms with E-state index < -0.39 is 0 Å². The van der Waals surface area contributed by atoms with Gasteiger partial charge in [0.15, 0.2) is 0 Å². The van der Waals surface area contributed by atoms with Crippen LogP contribution in [-0.4, -0.2) is 43.7 Å². The van der Waals surface area contributed by atoms with Crippen molar-refractivity contribution in [2.24, 2.45) is 16.8 Å². The summed E-state index contributed by atoms with van der Waals surface area (Å²) in [7, 11) is 0. The highest BCUT2D eigenvalue weighted by atomic mass is 16.1. The number of ketones is 1. The third-order valence-electron chi connectivity index (χ3n) is 6.76. The van der Waals surface area contributed by atoms with Gasteiger partial charge in [-0.25, -0.2) is 0 Å². The Morgan fingerprint density at radius 2 is 2.10 bits per heavy atom. The summed E-state index contributed by atoms with van der Waals surface area (Å²) in [4.78, 5) is 17.6. The SMILES string of the molecule is C=C(CNC1CCCNCCC1)C1=CC(C2=CC=CC2)CC(C(=O)CC)C1N=CC. The molecule has 1 heterocycles. The van der Waals surface area contributed by atoms with Crippen molar-refractivity contribution in [1.82, 2.24) is 10.6 Å². The predicted molar refractivity (Wildman–Crippen MR) is 127 cm³/mol. The van der Waals surface area contributed by atoms with Crippen molar-refractivity contribution in [1.29, 1.82) is 0 Å². The third-order valence-corrected chi connectivity index (χ3v) is 6.76. The van der Waals surface area contributed by atoms with Gasteiger partial charge in [-0.15, -0.1) is 0 Å². The van der Waals surface area contributed by atoms with Crippen molar-refractivity contribution in [2.75, 3.05) is 19.6 Å². The maximum Gasteiger partial charge on any atom is 0.138 e. The van der Waals surface area contributed by atoms with E-state index in [-0.39, 0.29) is 12.0 Å². The van der Waals surface area contributed by atoms with Crippen LogP contribution in [0, 0.1) is 11.8 Å². The van der Waals surface area contributed by atoms with Gasteiger partial charge in [0, 0.05) is 24.9 Å². The van der Waals surface area contributed by atoms with Crippen LogP contribution in [0.1, 0.15) is 58.8 Å². The highest BCUT2D eigenvalue weighted by Crippen LogP contribution is 2.39. The van der Waals surface area contributed by atoms with Gasteiger partial charge in [-0.1, -0.05) is 43.4 Å². The van der Waals surface area contributed by atoms with Crippen LogP contribution < -0.4 is 10.6 Å². The summed E-state index contributed by atoms with van der Waals surface area (Å²) in [6, 6.07) is 0.455. The van der Waals surface area contributed by atoms with E-state index in [1.54, 1.807) is 0 Å². The van der Waals surface area contributed by atoms with Crippen molar-refractivity contribution in [3.05, 3.63) is 47.6 Å². The van der Waals surface area contributed by atoms with Crippen LogP contribution >= 0.6 is 0 Å². The molecule has 3 atom stereocenters. The van der Waals surface area contributed by atoms with Gasteiger partial charge in [-0.05, 0) is 81.8 Å². The average molecular weight is 410 g/mol. The van der Waals surface area contributed by atoms with Crippen molar-refractivity contribution in [3.8, 4) is 0 Å². The molecule has 164 valence electrons. The molecule has 1 saturated heterocycles. The lowest BCUT2D eigenvalue weighted by molar-refractivity contribution is -0.123. The molecule has 0 saturated carbocycles. The molecule has 4 heteroatoms. The molecule has 0 aromatic rings. The molecule has 0 bridgehead atoms. The normalized spacial score (nSPS) is 28.1. The number of carbonyl (C=O) groups excluding carboxylic acids is 1. The first-order valence-electron chi connectivity index (χ1n) is 11.8. The van der Waals surface area contributed by atoms with Gasteiger partial charge in [0.25, 0.3) is 0 Å². The standard InChI is InChI=1S/C26H39N3O/c1-4-25(30)24-17-21(20-10-6-7-11-20)16-23(26(24)28-5-2)19(3)18-29-22-12-8-14-27-15-9-13-22/h5-7,10,16,21-22,24,26-27,29H,3-4,8-9,11-15,17-18H2,1-2H3. The number of Topliss-reactive ketones (excluding diaryl/α,β-unsaturated/α-hetero) is 1. The summed E-state index contributed by atoms with van der Waals surface area (Å²) >= 11 is 0. The van der Waals surface area contributed by atoms with E-state index in [9.17, 15) is 4.79 Å². The van der Waals surface area contributed by atoms with E-state index in [0.29, 0.717) is 24.2 Å². The fourth-order valence-corrected chi connectivity index (χ4v) is 5.03. The quantitative estimate of drug-likeness (QED) is 0.578. The summed E-state index contributed by atoms with van der Waals surface area (Å²) in [6.45, 7) is 11.4. The maximum atomic E-state index is 12.9. The molecule has 30 heavy (non-hydrogen) atoms. The van der Waals surface area contributed by atoms with Gasteiger partial charge in [0.1, 0.15) is 5.78 Å². The lowest BCUT2D eigenvalue weighted by atomic mass is 9.72. The molecule has 3 aliphatic rings. The molecule has 3 rings (SSSR count). The first-order valence-corrected chi connectivity index (χ1v) is 11.8. The molecule has 2 N–H and O–H groups in total. The van der Waals surface area contributed by atoms with E-state index in [4.69, 9.17) is 4.99 Å². The zero-order valence-corrected chi connectivity index (χ0v) is 18.8. The second kappa shape index (κ2) is 11.6. The fourth-order valence-electron chi connectivity index (χ4n) is 5.03. The smallest absolute Gasteiger partial charge is 0.138 e. The molecule has 0 aromatic carbocycles. The molecular formula is C26H39N3O. The number of aliphatic imine (C=N–C) groups is 1. The molecule has 0 spiro atoms. The topological polar surface area (TPSA) is 53.5 Å². The van der Waals surface area contributed by atoms with E-state index >= 15 is 0 Å². The number of allylic oxidation sites excluding steroid dienone is 5. The van der Waals surface area contributed by atoms with Crippen LogP contribution in [0.2, 0.25) is 0 Å². The monoisotopic (exact) mass is 409 g/mol. The minimum atomic E-state index is -0.0931. The van der Waals surface area contributed by atoms with Gasteiger partial charge in [0.2, 0.25) is 0 Å². The Bertz CT molecular complexity index is 723. The van der Waals surface area contributed by atoms with Crippen molar-refractivity contribution < 1.29 is 4.79 Å². The molecular weight excluding hydrogens is 370 g/mol. The first kappa shape index (κ1) is 22.9. The lowest BCUT2D eigenvalue weighted by Crippen LogP contribution is -2.38. The minimum Gasteiger partial charge on any atom is -0.317 e. The molecule has 0 amide bonds. The summed E-state index contributed by atoms with van der Waals surface area (Å²) in [6.07, 6.45) is 18.0. The highest BCUT2D eigenvalue weighted by Gasteiger charge is 2.37. The van der Waals surface area contributed by atoms with Gasteiger partial charge in [0.05, 0.1) is 6.04 Å². The number of nitrogens with one attached hydrogen (secondary N) is 2. The molecule has 2 aliphatic carbocycles. The summed E-state index contributed by atoms with van der Waals surface area (Å²) in [5.74, 6) is 0.575. The van der Waals surface area contributed by atoms with Gasteiger partial charge >= 0.3 is 0 Å². The number of nitrogens with zero attached hydrogens (tertiary/aromatic N) is 1. The van der Waals surface area contributed by atoms with Crippen molar-refractivity contribution in [2.45, 2.75) is 70.9 Å². The Labute approximate surface area is 182 Å².